The maximum absolute atomic E-state index is 2.30. The third-order valence-electron chi connectivity index (χ3n) is 1.94. The van der Waals surface area contributed by atoms with Gasteiger partial charge in [0.1, 0.15) is 0 Å². The van der Waals surface area contributed by atoms with E-state index in [0.717, 1.165) is 12.8 Å². The molecule has 0 rings (SSSR count). The minimum atomic E-state index is 1.06. The predicted molar refractivity (Wildman–Crippen MR) is 74.8 cm³/mol. The Morgan fingerprint density at radius 2 is 1.50 bits per heavy atom. The summed E-state index contributed by atoms with van der Waals surface area (Å²) >= 11 is 2.25. The van der Waals surface area contributed by atoms with Crippen molar-refractivity contribution in [2.24, 2.45) is 0 Å². The lowest BCUT2D eigenvalue weighted by Gasteiger charge is -1.90. The van der Waals surface area contributed by atoms with Crippen LogP contribution in [0.2, 0.25) is 0 Å². The van der Waals surface area contributed by atoms with Crippen molar-refractivity contribution in [2.75, 3.05) is 0 Å². The smallest absolute Gasteiger partial charge is 0.0161 e. The van der Waals surface area contributed by atoms with E-state index in [1.807, 2.05) is 0 Å². The number of halogens is 1. The molecule has 0 saturated heterocycles. The first-order valence-corrected chi connectivity index (χ1v) is 6.71. The van der Waals surface area contributed by atoms with Crippen LogP contribution in [-0.4, -0.2) is 0 Å². The van der Waals surface area contributed by atoms with E-state index < -0.39 is 0 Å². The number of hydrogen-bond acceptors (Lipinski definition) is 0. The van der Waals surface area contributed by atoms with Crippen molar-refractivity contribution in [2.45, 2.75) is 45.4 Å². The monoisotopic (exact) mass is 304 g/mol. The fourth-order valence-electron chi connectivity index (χ4n) is 1.13. The molecule has 1 heteroatoms. The van der Waals surface area contributed by atoms with Gasteiger partial charge >= 0.3 is 0 Å². The number of hydrogen-bond donors (Lipinski definition) is 0. The van der Waals surface area contributed by atoms with Crippen LogP contribution in [0.25, 0.3) is 0 Å². The maximum atomic E-state index is 2.30. The summed E-state index contributed by atoms with van der Waals surface area (Å²) in [7, 11) is 0. The topological polar surface area (TPSA) is 0 Å². The third-order valence-corrected chi connectivity index (χ3v) is 2.45. The van der Waals surface area contributed by atoms with E-state index in [0.29, 0.717) is 0 Å². The Balaban J connectivity index is 3.21. The standard InChI is InChI=1S/C13H21I/c1-2-3-4-5-6-7-8-9-10-11-12-13-14/h6-7,9-10,12-13H,2-5,8,11H2,1H3. The highest BCUT2D eigenvalue weighted by molar-refractivity contribution is 14.1. The SMILES string of the molecule is CCCCCC=CCC=CCC=CI. The van der Waals surface area contributed by atoms with Crippen LogP contribution in [0.5, 0.6) is 0 Å². The second-order valence-electron chi connectivity index (χ2n) is 3.27. The van der Waals surface area contributed by atoms with Crippen LogP contribution in [0.1, 0.15) is 45.4 Å². The molecule has 0 aliphatic heterocycles. The van der Waals surface area contributed by atoms with Gasteiger partial charge in [-0.1, -0.05) is 72.7 Å². The summed E-state index contributed by atoms with van der Waals surface area (Å²) < 4.78 is 2.06. The Labute approximate surface area is 102 Å². The van der Waals surface area contributed by atoms with E-state index in [4.69, 9.17) is 0 Å². The Bertz CT molecular complexity index is 178. The molecule has 0 nitrogen and oxygen atoms in total. The van der Waals surface area contributed by atoms with Gasteiger partial charge in [-0.2, -0.15) is 0 Å². The number of unbranched alkanes of at least 4 members (excludes halogenated alkanes) is 3. The van der Waals surface area contributed by atoms with Crippen molar-refractivity contribution in [3.8, 4) is 0 Å². The van der Waals surface area contributed by atoms with Crippen molar-refractivity contribution in [1.82, 2.24) is 0 Å². The fraction of sp³-hybridized carbons (Fsp3) is 0.538. The fourth-order valence-corrected chi connectivity index (χ4v) is 1.42. The maximum Gasteiger partial charge on any atom is -0.0161 e. The number of rotatable bonds is 8. The van der Waals surface area contributed by atoms with E-state index in [1.165, 1.54) is 25.7 Å². The second-order valence-corrected chi connectivity index (χ2v) is 3.99. The van der Waals surface area contributed by atoms with E-state index >= 15 is 0 Å². The molecule has 0 bridgehead atoms. The van der Waals surface area contributed by atoms with Crippen LogP contribution in [0.15, 0.2) is 34.5 Å². The Kier molecular flexibility index (Phi) is 12.9. The van der Waals surface area contributed by atoms with E-state index in [2.05, 4.69) is 64.0 Å². The lowest BCUT2D eigenvalue weighted by atomic mass is 10.2. The Hall–Kier alpha value is -0.0500. The molecular formula is C13H21I. The van der Waals surface area contributed by atoms with Gasteiger partial charge in [-0.25, -0.2) is 0 Å². The van der Waals surface area contributed by atoms with E-state index in [1.54, 1.807) is 0 Å². The van der Waals surface area contributed by atoms with Crippen LogP contribution in [0.4, 0.5) is 0 Å². The molecule has 14 heavy (non-hydrogen) atoms. The average molecular weight is 304 g/mol. The highest BCUT2D eigenvalue weighted by atomic mass is 127. The summed E-state index contributed by atoms with van der Waals surface area (Å²) in [5, 5.41) is 0. The molecule has 0 radical (unpaired) electrons. The van der Waals surface area contributed by atoms with Gasteiger partial charge in [-0.15, -0.1) is 0 Å². The molecule has 0 fully saturated rings. The molecule has 0 amide bonds. The van der Waals surface area contributed by atoms with Crippen LogP contribution >= 0.6 is 22.6 Å². The summed E-state index contributed by atoms with van der Waals surface area (Å²) in [5.41, 5.74) is 0. The van der Waals surface area contributed by atoms with Gasteiger partial charge in [0.15, 0.2) is 0 Å². The zero-order chi connectivity index (χ0) is 10.5. The van der Waals surface area contributed by atoms with Crippen LogP contribution in [-0.2, 0) is 0 Å². The van der Waals surface area contributed by atoms with Crippen molar-refractivity contribution in [1.29, 1.82) is 0 Å². The zero-order valence-electron chi connectivity index (χ0n) is 9.08. The summed E-state index contributed by atoms with van der Waals surface area (Å²) in [6.45, 7) is 2.24. The molecule has 0 spiro atoms. The Morgan fingerprint density at radius 3 is 2.14 bits per heavy atom. The van der Waals surface area contributed by atoms with Crippen LogP contribution in [0.3, 0.4) is 0 Å². The lowest BCUT2D eigenvalue weighted by molar-refractivity contribution is 0.728. The summed E-state index contributed by atoms with van der Waals surface area (Å²) in [6.07, 6.45) is 18.6. The van der Waals surface area contributed by atoms with Crippen molar-refractivity contribution in [3.05, 3.63) is 34.5 Å². The lowest BCUT2D eigenvalue weighted by Crippen LogP contribution is -1.70. The van der Waals surface area contributed by atoms with Gasteiger partial charge in [0.25, 0.3) is 0 Å². The molecule has 80 valence electrons. The van der Waals surface area contributed by atoms with Gasteiger partial charge in [-0.3, -0.25) is 0 Å². The number of allylic oxidation sites excluding steroid dienone is 5. The quantitative estimate of drug-likeness (QED) is 0.319. The minimum absolute atomic E-state index is 1.06. The molecule has 0 aliphatic rings. The largest absolute Gasteiger partial charge is 0.0882 e. The minimum Gasteiger partial charge on any atom is -0.0882 e. The molecule has 0 saturated carbocycles. The van der Waals surface area contributed by atoms with Crippen molar-refractivity contribution >= 4 is 22.6 Å². The van der Waals surface area contributed by atoms with Gasteiger partial charge in [0.2, 0.25) is 0 Å². The van der Waals surface area contributed by atoms with Gasteiger partial charge in [-0.05, 0) is 29.8 Å². The summed E-state index contributed by atoms with van der Waals surface area (Å²) in [5.74, 6) is 0. The molecule has 0 aromatic rings. The molecule has 0 heterocycles. The molecule has 0 aliphatic carbocycles. The summed E-state index contributed by atoms with van der Waals surface area (Å²) in [4.78, 5) is 0. The first kappa shape index (κ1) is 13.9. The van der Waals surface area contributed by atoms with Gasteiger partial charge in [0, 0.05) is 0 Å². The van der Waals surface area contributed by atoms with E-state index in [9.17, 15) is 0 Å². The first-order valence-electron chi connectivity index (χ1n) is 5.47. The predicted octanol–water partition coefficient (Wildman–Crippen LogP) is 5.41. The molecule has 0 aromatic heterocycles. The second kappa shape index (κ2) is 12.9. The average Bonchev–Trinajstić information content (AvgIpc) is 2.21. The molecular weight excluding hydrogens is 283 g/mol. The highest BCUT2D eigenvalue weighted by Crippen LogP contribution is 2.00. The molecule has 0 atom stereocenters. The summed E-state index contributed by atoms with van der Waals surface area (Å²) in [6, 6.07) is 0. The third kappa shape index (κ3) is 11.9. The normalized spacial score (nSPS) is 12.4. The first-order chi connectivity index (χ1) is 6.91. The Morgan fingerprint density at radius 1 is 0.857 bits per heavy atom. The van der Waals surface area contributed by atoms with Crippen molar-refractivity contribution < 1.29 is 0 Å². The van der Waals surface area contributed by atoms with Crippen molar-refractivity contribution in [3.63, 3.8) is 0 Å². The van der Waals surface area contributed by atoms with Gasteiger partial charge < -0.3 is 0 Å². The molecule has 0 aromatic carbocycles. The van der Waals surface area contributed by atoms with Crippen LogP contribution < -0.4 is 0 Å². The zero-order valence-corrected chi connectivity index (χ0v) is 11.2. The van der Waals surface area contributed by atoms with Gasteiger partial charge in [0.05, 0.1) is 0 Å². The van der Waals surface area contributed by atoms with Crippen LogP contribution in [0, 0.1) is 0 Å². The highest BCUT2D eigenvalue weighted by Gasteiger charge is 1.80. The molecule has 0 N–H and O–H groups in total. The van der Waals surface area contributed by atoms with E-state index in [-0.39, 0.29) is 0 Å². The molecule has 0 unspecified atom stereocenters.